The highest BCUT2D eigenvalue weighted by Crippen LogP contribution is 2.20. The third kappa shape index (κ3) is 2.09. The monoisotopic (exact) mass is 322 g/mol. The molecule has 5 heteroatoms. The number of hydrogen-bond donors (Lipinski definition) is 1. The fraction of sp³-hybridized carbons (Fsp3) is 0.444. The van der Waals surface area contributed by atoms with Gasteiger partial charge in [0.1, 0.15) is 4.88 Å². The minimum absolute atomic E-state index is 0.115. The van der Waals surface area contributed by atoms with E-state index in [2.05, 4.69) is 28.0 Å². The molecule has 0 saturated carbocycles. The molecule has 1 aromatic heterocycles. The van der Waals surface area contributed by atoms with Crippen molar-refractivity contribution >= 4 is 39.8 Å². The van der Waals surface area contributed by atoms with Gasteiger partial charge in [-0.2, -0.15) is 0 Å². The molecule has 0 bridgehead atoms. The average molecular weight is 322 g/mol. The molecule has 1 aliphatic heterocycles. The van der Waals surface area contributed by atoms with Crippen LogP contribution in [-0.2, 0) is 0 Å². The summed E-state index contributed by atoms with van der Waals surface area (Å²) in [6, 6.07) is 1.97. The van der Waals surface area contributed by atoms with Crippen LogP contribution in [0.25, 0.3) is 0 Å². The molecule has 76 valence electrons. The Labute approximate surface area is 101 Å². The minimum atomic E-state index is 0.115. The van der Waals surface area contributed by atoms with Crippen molar-refractivity contribution in [1.82, 2.24) is 10.4 Å². The van der Waals surface area contributed by atoms with Crippen LogP contribution in [0.15, 0.2) is 11.4 Å². The van der Waals surface area contributed by atoms with E-state index in [9.17, 15) is 4.79 Å². The van der Waals surface area contributed by atoms with Gasteiger partial charge >= 0.3 is 0 Å². The van der Waals surface area contributed by atoms with Gasteiger partial charge in [-0.3, -0.25) is 9.80 Å². The highest BCUT2D eigenvalue weighted by atomic mass is 127. The average Bonchev–Trinajstić information content (AvgIpc) is 2.65. The molecule has 0 spiro atoms. The molecule has 0 aromatic carbocycles. The lowest BCUT2D eigenvalue weighted by Crippen LogP contribution is -2.46. The van der Waals surface area contributed by atoms with Gasteiger partial charge in [0.25, 0.3) is 5.91 Å². The highest BCUT2D eigenvalue weighted by Gasteiger charge is 2.20. The second-order valence-corrected chi connectivity index (χ2v) is 5.25. The van der Waals surface area contributed by atoms with Gasteiger partial charge in [0, 0.05) is 16.7 Å². The van der Waals surface area contributed by atoms with E-state index in [1.165, 1.54) is 11.3 Å². The third-order valence-corrected chi connectivity index (χ3v) is 4.34. The van der Waals surface area contributed by atoms with Crippen molar-refractivity contribution in [3.8, 4) is 0 Å². The molecule has 14 heavy (non-hydrogen) atoms. The summed E-state index contributed by atoms with van der Waals surface area (Å²) in [7, 11) is 0. The predicted molar refractivity (Wildman–Crippen MR) is 65.3 cm³/mol. The number of nitrogens with one attached hydrogen (secondary N) is 1. The first kappa shape index (κ1) is 10.4. The van der Waals surface area contributed by atoms with Crippen LogP contribution >= 0.6 is 33.9 Å². The first-order chi connectivity index (χ1) is 6.79. The SMILES string of the molecule is O=C(c1sccc1I)N1CCCCN1. The van der Waals surface area contributed by atoms with E-state index in [-0.39, 0.29) is 5.91 Å². The summed E-state index contributed by atoms with van der Waals surface area (Å²) in [5.41, 5.74) is 3.12. The molecule has 0 atom stereocenters. The minimum Gasteiger partial charge on any atom is -0.273 e. The zero-order chi connectivity index (χ0) is 9.97. The summed E-state index contributed by atoms with van der Waals surface area (Å²) in [6.45, 7) is 1.74. The number of carbonyl (C=O) groups is 1. The summed E-state index contributed by atoms with van der Waals surface area (Å²) in [4.78, 5) is 12.8. The quantitative estimate of drug-likeness (QED) is 0.803. The molecule has 0 aliphatic carbocycles. The molecule has 1 amide bonds. The number of rotatable bonds is 1. The number of thiophene rings is 1. The molecule has 1 N–H and O–H groups in total. The summed E-state index contributed by atoms with van der Waals surface area (Å²) in [5, 5.41) is 3.69. The van der Waals surface area contributed by atoms with Crippen molar-refractivity contribution in [2.75, 3.05) is 13.1 Å². The smallest absolute Gasteiger partial charge is 0.273 e. The Morgan fingerprint density at radius 1 is 1.57 bits per heavy atom. The lowest BCUT2D eigenvalue weighted by atomic mass is 10.2. The Morgan fingerprint density at radius 2 is 2.43 bits per heavy atom. The van der Waals surface area contributed by atoms with Crippen molar-refractivity contribution in [3.05, 3.63) is 19.9 Å². The van der Waals surface area contributed by atoms with Crippen LogP contribution in [0.4, 0.5) is 0 Å². The maximum Gasteiger partial charge on any atom is 0.279 e. The van der Waals surface area contributed by atoms with E-state index in [0.29, 0.717) is 0 Å². The summed E-state index contributed by atoms with van der Waals surface area (Å²) in [5.74, 6) is 0.115. The van der Waals surface area contributed by atoms with E-state index in [1.54, 1.807) is 5.01 Å². The molecule has 1 aromatic rings. The highest BCUT2D eigenvalue weighted by molar-refractivity contribution is 14.1. The Balaban J connectivity index is 2.11. The second kappa shape index (κ2) is 4.59. The molecular weight excluding hydrogens is 311 g/mol. The lowest BCUT2D eigenvalue weighted by molar-refractivity contribution is 0.0615. The normalized spacial score (nSPS) is 17.1. The Hall–Kier alpha value is -0.140. The van der Waals surface area contributed by atoms with Gasteiger partial charge in [-0.05, 0) is 46.9 Å². The van der Waals surface area contributed by atoms with Gasteiger partial charge in [-0.1, -0.05) is 0 Å². The van der Waals surface area contributed by atoms with Crippen molar-refractivity contribution in [1.29, 1.82) is 0 Å². The van der Waals surface area contributed by atoms with Gasteiger partial charge in [0.15, 0.2) is 0 Å². The second-order valence-electron chi connectivity index (χ2n) is 3.17. The van der Waals surface area contributed by atoms with Crippen LogP contribution in [0.5, 0.6) is 0 Å². The Bertz CT molecular complexity index is 333. The van der Waals surface area contributed by atoms with Gasteiger partial charge < -0.3 is 0 Å². The van der Waals surface area contributed by atoms with Crippen LogP contribution in [0.3, 0.4) is 0 Å². The molecule has 1 saturated heterocycles. The first-order valence-electron chi connectivity index (χ1n) is 4.57. The van der Waals surface area contributed by atoms with E-state index in [4.69, 9.17) is 0 Å². The van der Waals surface area contributed by atoms with Crippen LogP contribution in [0, 0.1) is 3.57 Å². The maximum absolute atomic E-state index is 12.0. The first-order valence-corrected chi connectivity index (χ1v) is 6.53. The van der Waals surface area contributed by atoms with Gasteiger partial charge in [-0.15, -0.1) is 11.3 Å². The lowest BCUT2D eigenvalue weighted by Gasteiger charge is -2.27. The predicted octanol–water partition coefficient (Wildman–Crippen LogP) is 2.09. The zero-order valence-corrected chi connectivity index (χ0v) is 10.6. The van der Waals surface area contributed by atoms with Crippen LogP contribution in [-0.4, -0.2) is 24.0 Å². The molecule has 2 rings (SSSR count). The fourth-order valence-electron chi connectivity index (χ4n) is 1.43. The number of hydrazine groups is 1. The maximum atomic E-state index is 12.0. The Kier molecular flexibility index (Phi) is 3.40. The number of carbonyl (C=O) groups excluding carboxylic acids is 1. The number of amides is 1. The Morgan fingerprint density at radius 3 is 3.00 bits per heavy atom. The number of nitrogens with zero attached hydrogens (tertiary/aromatic N) is 1. The molecule has 1 fully saturated rings. The van der Waals surface area contributed by atoms with Gasteiger partial charge in [0.2, 0.25) is 0 Å². The van der Waals surface area contributed by atoms with Crippen molar-refractivity contribution < 1.29 is 4.79 Å². The fourth-order valence-corrected chi connectivity index (χ4v) is 3.20. The van der Waals surface area contributed by atoms with Crippen molar-refractivity contribution in [3.63, 3.8) is 0 Å². The molecule has 3 nitrogen and oxygen atoms in total. The van der Waals surface area contributed by atoms with Gasteiger partial charge in [-0.25, -0.2) is 5.43 Å². The van der Waals surface area contributed by atoms with Crippen molar-refractivity contribution in [2.24, 2.45) is 0 Å². The molecule has 0 radical (unpaired) electrons. The van der Waals surface area contributed by atoms with Crippen LogP contribution < -0.4 is 5.43 Å². The third-order valence-electron chi connectivity index (χ3n) is 2.17. The van der Waals surface area contributed by atoms with E-state index < -0.39 is 0 Å². The number of hydrogen-bond acceptors (Lipinski definition) is 3. The summed E-state index contributed by atoms with van der Waals surface area (Å²) in [6.07, 6.45) is 2.26. The van der Waals surface area contributed by atoms with E-state index in [0.717, 1.165) is 34.4 Å². The molecule has 2 heterocycles. The molecule has 1 aliphatic rings. The number of halogens is 1. The molecule has 0 unspecified atom stereocenters. The molecular formula is C9H11IN2OS. The standard InChI is InChI=1S/C9H11IN2OS/c10-7-3-6-14-8(7)9(13)12-5-2-1-4-11-12/h3,6,11H,1-2,4-5H2. The summed E-state index contributed by atoms with van der Waals surface area (Å²) < 4.78 is 1.05. The van der Waals surface area contributed by atoms with E-state index in [1.807, 2.05) is 11.4 Å². The van der Waals surface area contributed by atoms with E-state index >= 15 is 0 Å². The van der Waals surface area contributed by atoms with Crippen molar-refractivity contribution in [2.45, 2.75) is 12.8 Å². The largest absolute Gasteiger partial charge is 0.279 e. The zero-order valence-electron chi connectivity index (χ0n) is 7.62. The van der Waals surface area contributed by atoms with Gasteiger partial charge in [0.05, 0.1) is 0 Å². The topological polar surface area (TPSA) is 32.3 Å². The summed E-state index contributed by atoms with van der Waals surface area (Å²) >= 11 is 3.71. The van der Waals surface area contributed by atoms with Crippen LogP contribution in [0.1, 0.15) is 22.5 Å². The van der Waals surface area contributed by atoms with Crippen LogP contribution in [0.2, 0.25) is 0 Å².